The minimum atomic E-state index is -0.947. The summed E-state index contributed by atoms with van der Waals surface area (Å²) in [4.78, 5) is 10.8. The fraction of sp³-hybridized carbons (Fsp3) is 0.533. The molecule has 104 valence electrons. The van der Waals surface area contributed by atoms with Crippen LogP contribution in [-0.4, -0.2) is 17.1 Å². The third-order valence-corrected chi connectivity index (χ3v) is 4.00. The molecule has 2 rings (SSSR count). The van der Waals surface area contributed by atoms with E-state index in [2.05, 4.69) is 19.2 Å². The Morgan fingerprint density at radius 1 is 1.37 bits per heavy atom. The van der Waals surface area contributed by atoms with Crippen molar-refractivity contribution in [3.05, 3.63) is 23.8 Å². The standard InChI is InChI=1S/C15H22N2O2/c1-15(2)7-5-11(6-8-15)17-13-4-3-10(14(18)19)9-12(13)16/h3-4,9,11,17H,5-8,16H2,1-2H3,(H,18,19). The number of nitrogens with two attached hydrogens (primary N) is 1. The van der Waals surface area contributed by atoms with Crippen molar-refractivity contribution >= 4 is 17.3 Å². The molecule has 0 radical (unpaired) electrons. The minimum Gasteiger partial charge on any atom is -0.478 e. The normalized spacial score (nSPS) is 19.1. The van der Waals surface area contributed by atoms with Crippen LogP contribution in [0.25, 0.3) is 0 Å². The Morgan fingerprint density at radius 2 is 2.00 bits per heavy atom. The zero-order valence-electron chi connectivity index (χ0n) is 11.6. The molecule has 0 atom stereocenters. The predicted octanol–water partition coefficient (Wildman–Crippen LogP) is 3.35. The Balaban J connectivity index is 2.02. The first-order valence-corrected chi connectivity index (χ1v) is 6.77. The first-order valence-electron chi connectivity index (χ1n) is 6.77. The minimum absolute atomic E-state index is 0.229. The van der Waals surface area contributed by atoms with Crippen LogP contribution in [0.5, 0.6) is 0 Å². The van der Waals surface area contributed by atoms with Crippen LogP contribution in [0.15, 0.2) is 18.2 Å². The molecule has 4 N–H and O–H groups in total. The Labute approximate surface area is 114 Å². The maximum Gasteiger partial charge on any atom is 0.335 e. The Bertz CT molecular complexity index is 473. The molecule has 0 unspecified atom stereocenters. The molecule has 0 bridgehead atoms. The molecule has 1 aliphatic rings. The van der Waals surface area contributed by atoms with Crippen LogP contribution in [0.2, 0.25) is 0 Å². The number of anilines is 2. The quantitative estimate of drug-likeness (QED) is 0.730. The van der Waals surface area contributed by atoms with Gasteiger partial charge in [0.05, 0.1) is 16.9 Å². The van der Waals surface area contributed by atoms with Gasteiger partial charge in [-0.2, -0.15) is 0 Å². The monoisotopic (exact) mass is 262 g/mol. The molecular weight excluding hydrogens is 240 g/mol. The lowest BCUT2D eigenvalue weighted by Crippen LogP contribution is -2.30. The van der Waals surface area contributed by atoms with Crippen LogP contribution in [-0.2, 0) is 0 Å². The van der Waals surface area contributed by atoms with Gasteiger partial charge in [-0.3, -0.25) is 0 Å². The molecule has 0 amide bonds. The number of rotatable bonds is 3. The molecule has 0 saturated heterocycles. The van der Waals surface area contributed by atoms with Gasteiger partial charge in [-0.15, -0.1) is 0 Å². The van der Waals surface area contributed by atoms with Crippen molar-refractivity contribution in [3.63, 3.8) is 0 Å². The fourth-order valence-corrected chi connectivity index (χ4v) is 2.59. The van der Waals surface area contributed by atoms with Crippen molar-refractivity contribution in [2.75, 3.05) is 11.1 Å². The fourth-order valence-electron chi connectivity index (χ4n) is 2.59. The van der Waals surface area contributed by atoms with E-state index in [1.807, 2.05) is 0 Å². The molecule has 1 saturated carbocycles. The molecule has 0 aromatic heterocycles. The molecule has 1 fully saturated rings. The number of nitrogens with one attached hydrogen (secondary N) is 1. The number of nitrogen functional groups attached to an aromatic ring is 1. The van der Waals surface area contributed by atoms with Gasteiger partial charge < -0.3 is 16.2 Å². The summed E-state index contributed by atoms with van der Waals surface area (Å²) in [5, 5.41) is 12.3. The highest BCUT2D eigenvalue weighted by Crippen LogP contribution is 2.36. The lowest BCUT2D eigenvalue weighted by Gasteiger charge is -2.35. The van der Waals surface area contributed by atoms with E-state index in [1.54, 1.807) is 12.1 Å². The summed E-state index contributed by atoms with van der Waals surface area (Å²) in [5.41, 5.74) is 7.92. The summed E-state index contributed by atoms with van der Waals surface area (Å²) < 4.78 is 0. The van der Waals surface area contributed by atoms with E-state index in [0.717, 1.165) is 18.5 Å². The number of carbonyl (C=O) groups is 1. The molecular formula is C15H22N2O2. The highest BCUT2D eigenvalue weighted by molar-refractivity contribution is 5.90. The van der Waals surface area contributed by atoms with E-state index < -0.39 is 5.97 Å². The van der Waals surface area contributed by atoms with E-state index in [0.29, 0.717) is 17.1 Å². The zero-order valence-corrected chi connectivity index (χ0v) is 11.6. The summed E-state index contributed by atoms with van der Waals surface area (Å²) >= 11 is 0. The van der Waals surface area contributed by atoms with Gasteiger partial charge in [-0.1, -0.05) is 13.8 Å². The summed E-state index contributed by atoms with van der Waals surface area (Å²) in [6, 6.07) is 5.30. The zero-order chi connectivity index (χ0) is 14.0. The maximum absolute atomic E-state index is 10.8. The van der Waals surface area contributed by atoms with Gasteiger partial charge in [0.15, 0.2) is 0 Å². The van der Waals surface area contributed by atoms with E-state index in [-0.39, 0.29) is 5.56 Å². The first kappa shape index (κ1) is 13.7. The average molecular weight is 262 g/mol. The van der Waals surface area contributed by atoms with Gasteiger partial charge in [0, 0.05) is 6.04 Å². The number of carboxylic acid groups (broad SMARTS) is 1. The van der Waals surface area contributed by atoms with Crippen molar-refractivity contribution in [3.8, 4) is 0 Å². The van der Waals surface area contributed by atoms with Crippen molar-refractivity contribution in [1.82, 2.24) is 0 Å². The molecule has 1 aromatic rings. The van der Waals surface area contributed by atoms with Crippen LogP contribution in [0.4, 0.5) is 11.4 Å². The summed E-state index contributed by atoms with van der Waals surface area (Å²) in [6.07, 6.45) is 4.68. The largest absolute Gasteiger partial charge is 0.478 e. The second-order valence-electron chi connectivity index (χ2n) is 6.19. The third-order valence-electron chi connectivity index (χ3n) is 4.00. The Hall–Kier alpha value is -1.71. The third kappa shape index (κ3) is 3.40. The van der Waals surface area contributed by atoms with E-state index >= 15 is 0 Å². The average Bonchev–Trinajstić information content (AvgIpc) is 2.34. The van der Waals surface area contributed by atoms with Crippen LogP contribution in [0.3, 0.4) is 0 Å². The number of benzene rings is 1. The predicted molar refractivity (Wildman–Crippen MR) is 77.5 cm³/mol. The highest BCUT2D eigenvalue weighted by atomic mass is 16.4. The lowest BCUT2D eigenvalue weighted by molar-refractivity contribution is 0.0697. The number of hydrogen-bond acceptors (Lipinski definition) is 3. The molecule has 19 heavy (non-hydrogen) atoms. The second kappa shape index (κ2) is 5.11. The highest BCUT2D eigenvalue weighted by Gasteiger charge is 2.26. The van der Waals surface area contributed by atoms with Crippen LogP contribution in [0.1, 0.15) is 49.9 Å². The molecule has 0 spiro atoms. The lowest BCUT2D eigenvalue weighted by atomic mass is 9.75. The van der Waals surface area contributed by atoms with Crippen molar-refractivity contribution in [2.45, 2.75) is 45.6 Å². The Kier molecular flexibility index (Phi) is 3.69. The molecule has 4 nitrogen and oxygen atoms in total. The van der Waals surface area contributed by atoms with Gasteiger partial charge in [0.25, 0.3) is 0 Å². The van der Waals surface area contributed by atoms with Crippen LogP contribution < -0.4 is 11.1 Å². The Morgan fingerprint density at radius 3 is 2.53 bits per heavy atom. The van der Waals surface area contributed by atoms with E-state index in [1.165, 1.54) is 18.9 Å². The summed E-state index contributed by atoms with van der Waals surface area (Å²) in [5.74, 6) is -0.947. The van der Waals surface area contributed by atoms with Crippen molar-refractivity contribution in [2.24, 2.45) is 5.41 Å². The summed E-state index contributed by atoms with van der Waals surface area (Å²) in [7, 11) is 0. The topological polar surface area (TPSA) is 75.3 Å². The number of aromatic carboxylic acids is 1. The van der Waals surface area contributed by atoms with Crippen molar-refractivity contribution in [1.29, 1.82) is 0 Å². The van der Waals surface area contributed by atoms with Gasteiger partial charge in [-0.25, -0.2) is 4.79 Å². The van der Waals surface area contributed by atoms with Crippen molar-refractivity contribution < 1.29 is 9.90 Å². The first-order chi connectivity index (χ1) is 8.87. The van der Waals surface area contributed by atoms with E-state index in [4.69, 9.17) is 10.8 Å². The van der Waals surface area contributed by atoms with Gasteiger partial charge in [0.2, 0.25) is 0 Å². The number of carboxylic acids is 1. The molecule has 0 aliphatic heterocycles. The van der Waals surface area contributed by atoms with E-state index in [9.17, 15) is 4.79 Å². The smallest absolute Gasteiger partial charge is 0.335 e. The van der Waals surface area contributed by atoms with Crippen LogP contribution >= 0.6 is 0 Å². The molecule has 1 aliphatic carbocycles. The number of hydrogen-bond donors (Lipinski definition) is 3. The second-order valence-corrected chi connectivity index (χ2v) is 6.19. The van der Waals surface area contributed by atoms with Gasteiger partial charge >= 0.3 is 5.97 Å². The van der Waals surface area contributed by atoms with Gasteiger partial charge in [-0.05, 0) is 49.3 Å². The molecule has 1 aromatic carbocycles. The van der Waals surface area contributed by atoms with Gasteiger partial charge in [0.1, 0.15) is 0 Å². The molecule has 0 heterocycles. The summed E-state index contributed by atoms with van der Waals surface area (Å²) in [6.45, 7) is 4.61. The SMILES string of the molecule is CC1(C)CCC(Nc2ccc(C(=O)O)cc2N)CC1. The maximum atomic E-state index is 10.8. The molecule has 4 heteroatoms. The van der Waals surface area contributed by atoms with Crippen LogP contribution in [0, 0.1) is 5.41 Å².